The Morgan fingerprint density at radius 1 is 0.302 bits per heavy atom. The molecule has 5 rings (SSSR count). The summed E-state index contributed by atoms with van der Waals surface area (Å²) in [5, 5.41) is 4.12. The van der Waals surface area contributed by atoms with E-state index in [2.05, 4.69) is 85.6 Å². The second-order valence-corrected chi connectivity index (χ2v) is 37.9. The van der Waals surface area contributed by atoms with Crippen LogP contribution in [0.25, 0.3) is 0 Å². The van der Waals surface area contributed by atoms with Crippen molar-refractivity contribution < 1.29 is 9.59 Å². The van der Waals surface area contributed by atoms with Crippen molar-refractivity contribution in [3.8, 4) is 0 Å². The molecule has 0 N–H and O–H groups in total. The molecule has 486 valence electrons. The van der Waals surface area contributed by atoms with Gasteiger partial charge in [0.15, 0.2) is 0 Å². The molecule has 16 heteroatoms. The molecule has 0 bridgehead atoms. The summed E-state index contributed by atoms with van der Waals surface area (Å²) in [6.45, 7) is 9.20. The highest BCUT2D eigenvalue weighted by Crippen LogP contribution is 2.64. The van der Waals surface area contributed by atoms with Gasteiger partial charge in [-0.3, -0.25) is 9.59 Å². The first-order valence-electron chi connectivity index (χ1n) is 34.2. The quantitative estimate of drug-likeness (QED) is 0.0582. The number of hydrogen-bond acceptors (Lipinski definition) is 14. The van der Waals surface area contributed by atoms with Crippen LogP contribution in [-0.2, 0) is 9.59 Å². The molecule has 4 aliphatic rings. The highest BCUT2D eigenvalue weighted by atomic mass is 32.3. The number of benzene rings is 1. The van der Waals surface area contributed by atoms with E-state index < -0.39 is 0 Å². The van der Waals surface area contributed by atoms with E-state index in [4.69, 9.17) is 0 Å². The van der Waals surface area contributed by atoms with Crippen molar-refractivity contribution in [2.45, 2.75) is 285 Å². The van der Waals surface area contributed by atoms with Crippen LogP contribution in [0.1, 0.15) is 285 Å². The number of unbranched alkanes of at least 4 members (excludes halogenated alkanes) is 36. The molecule has 0 fully saturated rings. The zero-order valence-electron chi connectivity index (χ0n) is 54.2. The lowest BCUT2D eigenvalue weighted by Gasteiger charge is -2.21. The zero-order chi connectivity index (χ0) is 61.1. The first kappa shape index (κ1) is 77.5. The van der Waals surface area contributed by atoms with E-state index in [1.165, 1.54) is 314 Å². The molecule has 4 heterocycles. The van der Waals surface area contributed by atoms with Gasteiger partial charge in [0.05, 0.1) is 43.7 Å². The second kappa shape index (κ2) is 50.3. The Hall–Kier alpha value is 0.800. The van der Waals surface area contributed by atoms with Crippen LogP contribution in [0.4, 0.5) is 11.4 Å². The third kappa shape index (κ3) is 31.8. The van der Waals surface area contributed by atoms with Crippen molar-refractivity contribution in [2.24, 2.45) is 0 Å². The van der Waals surface area contributed by atoms with Gasteiger partial charge in [0.2, 0.25) is 0 Å². The number of carbonyl (C=O) groups is 2. The van der Waals surface area contributed by atoms with Crippen molar-refractivity contribution in [1.82, 2.24) is 0 Å². The number of likely N-dealkylation sites (N-methyl/N-ethyl adjacent to an activating group) is 2. The Kier molecular flexibility index (Phi) is 45.3. The number of thioether (sulfide) groups is 12. The fraction of sp³-hybridized carbons (Fsp3) is 0.714. The van der Waals surface area contributed by atoms with Crippen molar-refractivity contribution in [3.63, 3.8) is 0 Å². The molecule has 0 saturated carbocycles. The molecule has 4 nitrogen and oxygen atoms in total. The lowest BCUT2D eigenvalue weighted by molar-refractivity contribution is -0.115. The molecule has 0 saturated heterocycles. The fourth-order valence-corrected chi connectivity index (χ4v) is 27.5. The van der Waals surface area contributed by atoms with Crippen LogP contribution >= 0.6 is 141 Å². The van der Waals surface area contributed by atoms with Crippen molar-refractivity contribution >= 4 is 164 Å². The standard InChI is InChI=1S/C70H112N2O2S12/c1-7-11-15-19-23-27-31-35-39-43-51-75-63-64(76-52-44-40-36-32-28-24-20-16-12-8-2)84-69(83-63)67-79-55-59(81-67)61(73)71(5)57-47-49-58(50-48-57)72(6)62(74)60-56-80-68(82-60)70-85-65(77-53-45-41-37-33-29-25-21-17-13-9-3)66(86-70)78-54-46-42-38-34-30-26-22-18-14-10-4/h47-50,55-56H,7-46,51-54H2,1-6H3. The van der Waals surface area contributed by atoms with Crippen LogP contribution in [0.15, 0.2) is 78.8 Å². The molecule has 1 aromatic carbocycles. The minimum atomic E-state index is 0.00492. The van der Waals surface area contributed by atoms with Gasteiger partial charge in [-0.25, -0.2) is 0 Å². The van der Waals surface area contributed by atoms with Crippen LogP contribution < -0.4 is 9.80 Å². The van der Waals surface area contributed by atoms with Gasteiger partial charge >= 0.3 is 0 Å². The third-order valence-corrected chi connectivity index (χ3v) is 33.1. The molecule has 4 aliphatic heterocycles. The highest BCUT2D eigenvalue weighted by molar-refractivity contribution is 8.43. The molecule has 0 aromatic heterocycles. The monoisotopic (exact) mass is 1400 g/mol. The lowest BCUT2D eigenvalue weighted by Crippen LogP contribution is -2.28. The second-order valence-electron chi connectivity index (χ2n) is 23.5. The molecular weight excluding hydrogens is 1290 g/mol. The van der Waals surface area contributed by atoms with Crippen molar-refractivity contribution in [1.29, 1.82) is 0 Å². The predicted octanol–water partition coefficient (Wildman–Crippen LogP) is 28.3. The number of amides is 2. The average molecular weight is 1400 g/mol. The minimum Gasteiger partial charge on any atom is -0.311 e. The van der Waals surface area contributed by atoms with E-state index in [1.807, 2.05) is 85.4 Å². The maximum absolute atomic E-state index is 14.1. The summed E-state index contributed by atoms with van der Waals surface area (Å²) in [5.74, 6) is 4.75. The Bertz CT molecular complexity index is 2020. The summed E-state index contributed by atoms with van der Waals surface area (Å²) < 4.78 is 11.0. The van der Waals surface area contributed by atoms with Crippen LogP contribution in [0.5, 0.6) is 0 Å². The van der Waals surface area contributed by atoms with Gasteiger partial charge in [0.25, 0.3) is 11.8 Å². The smallest absolute Gasteiger partial charge is 0.265 e. The Morgan fingerprint density at radius 3 is 0.733 bits per heavy atom. The Balaban J connectivity index is 1.08. The fourth-order valence-electron chi connectivity index (χ4n) is 10.4. The van der Waals surface area contributed by atoms with Crippen LogP contribution in [0.2, 0.25) is 0 Å². The normalized spacial score (nSPS) is 15.4. The lowest BCUT2D eigenvalue weighted by atomic mass is 10.1. The summed E-state index contributed by atoms with van der Waals surface area (Å²) in [5.41, 5.74) is 1.64. The summed E-state index contributed by atoms with van der Waals surface area (Å²) in [6, 6.07) is 7.91. The maximum Gasteiger partial charge on any atom is 0.265 e. The van der Waals surface area contributed by atoms with E-state index in [0.717, 1.165) is 21.2 Å². The van der Waals surface area contributed by atoms with Crippen LogP contribution in [0.3, 0.4) is 0 Å². The molecule has 0 aliphatic carbocycles. The van der Waals surface area contributed by atoms with E-state index in [0.29, 0.717) is 0 Å². The predicted molar refractivity (Wildman–Crippen MR) is 415 cm³/mol. The largest absolute Gasteiger partial charge is 0.311 e. The highest BCUT2D eigenvalue weighted by Gasteiger charge is 2.32. The van der Waals surface area contributed by atoms with Crippen LogP contribution in [-0.4, -0.2) is 48.9 Å². The Labute approximate surface area is 578 Å². The van der Waals surface area contributed by atoms with Gasteiger partial charge in [-0.2, -0.15) is 0 Å². The van der Waals surface area contributed by atoms with Gasteiger partial charge in [-0.15, -0.1) is 47.0 Å². The summed E-state index contributed by atoms with van der Waals surface area (Å²) in [4.78, 5) is 33.3. The molecule has 0 unspecified atom stereocenters. The molecule has 86 heavy (non-hydrogen) atoms. The Morgan fingerprint density at radius 2 is 0.512 bits per heavy atom. The van der Waals surface area contributed by atoms with E-state index in [9.17, 15) is 9.59 Å². The molecular formula is C70H112N2O2S12. The van der Waals surface area contributed by atoms with Crippen molar-refractivity contribution in [3.05, 3.63) is 78.8 Å². The third-order valence-electron chi connectivity index (χ3n) is 15.9. The van der Waals surface area contributed by atoms with E-state index in [-0.39, 0.29) is 11.8 Å². The van der Waals surface area contributed by atoms with Gasteiger partial charge in [0, 0.05) is 25.5 Å². The number of hydrogen-bond donors (Lipinski definition) is 0. The zero-order valence-corrected chi connectivity index (χ0v) is 64.0. The number of nitrogens with zero attached hydrogens (tertiary/aromatic N) is 2. The topological polar surface area (TPSA) is 40.6 Å². The van der Waals surface area contributed by atoms with Gasteiger partial charge in [0.1, 0.15) is 0 Å². The first-order chi connectivity index (χ1) is 42.3. The average Bonchev–Trinajstić information content (AvgIpc) is 2.65. The SMILES string of the molecule is CCCCCCCCCCCCSC1=C(SCCCCCCCCCCCC)SC(=C2SC=C(C(=O)N(C)c3ccc(N(C)C(=O)C4=CSC(=C5SC(SCCCCCCCCCCCC)=C(SCCCCCCCCCCCC)S5)S4)cc3)S2)S1. The minimum absolute atomic E-state index is 0.00492. The number of carbonyl (C=O) groups excluding carboxylic acids is 2. The molecule has 1 aromatic rings. The van der Waals surface area contributed by atoms with Gasteiger partial charge in [-0.05, 0) is 83.8 Å². The summed E-state index contributed by atoms with van der Waals surface area (Å²) in [7, 11) is 3.75. The molecule has 0 spiro atoms. The first-order valence-corrected chi connectivity index (χ1v) is 44.8. The molecule has 0 atom stereocenters. The van der Waals surface area contributed by atoms with Gasteiger partial charge in [-0.1, -0.05) is 353 Å². The summed E-state index contributed by atoms with van der Waals surface area (Å²) >= 11 is 22.8. The maximum atomic E-state index is 14.1. The van der Waals surface area contributed by atoms with E-state index >= 15 is 0 Å². The van der Waals surface area contributed by atoms with Crippen LogP contribution in [0, 0.1) is 0 Å². The van der Waals surface area contributed by atoms with Gasteiger partial charge < -0.3 is 9.80 Å². The number of rotatable bonds is 52. The summed E-state index contributed by atoms with van der Waals surface area (Å²) in [6.07, 6.45) is 54.8. The van der Waals surface area contributed by atoms with Crippen molar-refractivity contribution in [2.75, 3.05) is 46.9 Å². The van der Waals surface area contributed by atoms with E-state index in [1.54, 1.807) is 56.8 Å². The number of anilines is 2. The molecule has 0 radical (unpaired) electrons. The molecule has 2 amide bonds.